The summed E-state index contributed by atoms with van der Waals surface area (Å²) in [5, 5.41) is 7.89. The van der Waals surface area contributed by atoms with E-state index in [4.69, 9.17) is 33.3 Å². The summed E-state index contributed by atoms with van der Waals surface area (Å²) in [6, 6.07) is 3.54. The molecule has 0 atom stereocenters. The predicted molar refractivity (Wildman–Crippen MR) is 86.2 cm³/mol. The normalized spacial score (nSPS) is 10.4. The molecule has 0 aliphatic carbocycles. The summed E-state index contributed by atoms with van der Waals surface area (Å²) < 4.78 is 10.7. The molecule has 5 nitrogen and oxygen atoms in total. The predicted octanol–water partition coefficient (Wildman–Crippen LogP) is 2.57. The maximum Gasteiger partial charge on any atom is 0.186 e. The molecule has 0 bridgehead atoms. The molecule has 1 aromatic carbocycles. The van der Waals surface area contributed by atoms with E-state index in [1.54, 1.807) is 25.5 Å². The van der Waals surface area contributed by atoms with Gasteiger partial charge in [-0.3, -0.25) is 5.43 Å². The highest BCUT2D eigenvalue weighted by molar-refractivity contribution is 7.80. The van der Waals surface area contributed by atoms with E-state index in [9.17, 15) is 0 Å². The Morgan fingerprint density at radius 1 is 1.45 bits per heavy atom. The smallest absolute Gasteiger partial charge is 0.186 e. The van der Waals surface area contributed by atoms with Gasteiger partial charge in [0.15, 0.2) is 16.6 Å². The van der Waals surface area contributed by atoms with Crippen molar-refractivity contribution in [3.63, 3.8) is 0 Å². The summed E-state index contributed by atoms with van der Waals surface area (Å²) in [7, 11) is 1.56. The highest BCUT2D eigenvalue weighted by Crippen LogP contribution is 2.35. The maximum absolute atomic E-state index is 6.16. The van der Waals surface area contributed by atoms with Gasteiger partial charge < -0.3 is 14.8 Å². The minimum Gasteiger partial charge on any atom is -0.493 e. The SMILES string of the molecule is CCNC(=S)N/N=C/c1cc(Cl)c(OCC)c(OC)c1. The molecule has 20 heavy (non-hydrogen) atoms. The van der Waals surface area contributed by atoms with Crippen molar-refractivity contribution in [3.8, 4) is 11.5 Å². The van der Waals surface area contributed by atoms with Gasteiger partial charge in [-0.2, -0.15) is 5.10 Å². The van der Waals surface area contributed by atoms with Crippen LogP contribution < -0.4 is 20.2 Å². The quantitative estimate of drug-likeness (QED) is 0.480. The van der Waals surface area contributed by atoms with E-state index < -0.39 is 0 Å². The molecule has 0 aliphatic rings. The van der Waals surface area contributed by atoms with Crippen molar-refractivity contribution in [1.82, 2.24) is 10.7 Å². The van der Waals surface area contributed by atoms with Crippen LogP contribution in [-0.4, -0.2) is 31.6 Å². The summed E-state index contributed by atoms with van der Waals surface area (Å²) in [6.07, 6.45) is 1.60. The van der Waals surface area contributed by atoms with Crippen LogP contribution in [0.1, 0.15) is 19.4 Å². The number of hydrogen-bond donors (Lipinski definition) is 2. The first kappa shape index (κ1) is 16.5. The molecule has 7 heteroatoms. The van der Waals surface area contributed by atoms with E-state index in [2.05, 4.69) is 15.8 Å². The number of rotatable bonds is 6. The lowest BCUT2D eigenvalue weighted by atomic mass is 10.2. The van der Waals surface area contributed by atoms with Gasteiger partial charge >= 0.3 is 0 Å². The molecule has 0 fully saturated rings. The standard InChI is InChI=1S/C13H18ClN3O2S/c1-4-15-13(20)17-16-8-9-6-10(14)12(19-5-2)11(7-9)18-3/h6-8H,4-5H2,1-3H3,(H2,15,17,20)/b16-8+. The van der Waals surface area contributed by atoms with Crippen molar-refractivity contribution in [2.45, 2.75) is 13.8 Å². The van der Waals surface area contributed by atoms with Gasteiger partial charge in [0, 0.05) is 6.54 Å². The van der Waals surface area contributed by atoms with Crippen molar-refractivity contribution in [1.29, 1.82) is 0 Å². The van der Waals surface area contributed by atoms with E-state index in [1.165, 1.54) is 0 Å². The molecular weight excluding hydrogens is 298 g/mol. The largest absolute Gasteiger partial charge is 0.493 e. The minimum absolute atomic E-state index is 0.466. The Bertz CT molecular complexity index is 495. The Balaban J connectivity index is 2.84. The van der Waals surface area contributed by atoms with Crippen LogP contribution >= 0.6 is 23.8 Å². The number of thiocarbonyl (C=S) groups is 1. The van der Waals surface area contributed by atoms with Crippen LogP contribution in [0.4, 0.5) is 0 Å². The molecule has 2 N–H and O–H groups in total. The Labute approximate surface area is 129 Å². The van der Waals surface area contributed by atoms with Crippen molar-refractivity contribution >= 4 is 35.1 Å². The second-order valence-corrected chi connectivity index (χ2v) is 4.51. The van der Waals surface area contributed by atoms with Gasteiger partial charge in [-0.15, -0.1) is 0 Å². The van der Waals surface area contributed by atoms with Crippen molar-refractivity contribution in [2.75, 3.05) is 20.3 Å². The van der Waals surface area contributed by atoms with Gasteiger partial charge in [0.1, 0.15) is 0 Å². The van der Waals surface area contributed by atoms with Crippen LogP contribution in [0.3, 0.4) is 0 Å². The topological polar surface area (TPSA) is 54.9 Å². The minimum atomic E-state index is 0.466. The molecule has 0 saturated carbocycles. The number of methoxy groups -OCH3 is 1. The van der Waals surface area contributed by atoms with Gasteiger partial charge in [-0.25, -0.2) is 0 Å². The van der Waals surface area contributed by atoms with Gasteiger partial charge in [0.2, 0.25) is 0 Å². The van der Waals surface area contributed by atoms with Crippen LogP contribution in [0.25, 0.3) is 0 Å². The zero-order valence-electron chi connectivity index (χ0n) is 11.7. The number of ether oxygens (including phenoxy) is 2. The molecule has 0 amide bonds. The van der Waals surface area contributed by atoms with E-state index in [0.29, 0.717) is 28.2 Å². The highest BCUT2D eigenvalue weighted by Gasteiger charge is 2.10. The number of hydrazone groups is 1. The third kappa shape index (κ3) is 4.86. The van der Waals surface area contributed by atoms with Crippen LogP contribution in [0, 0.1) is 0 Å². The molecular formula is C13H18ClN3O2S. The lowest BCUT2D eigenvalue weighted by Gasteiger charge is -2.11. The third-order valence-electron chi connectivity index (χ3n) is 2.26. The molecule has 110 valence electrons. The molecule has 1 aromatic rings. The molecule has 1 rings (SSSR count). The fourth-order valence-corrected chi connectivity index (χ4v) is 1.93. The Kier molecular flexibility index (Phi) is 7.11. The van der Waals surface area contributed by atoms with Crippen molar-refractivity contribution in [3.05, 3.63) is 22.7 Å². The molecule has 0 spiro atoms. The van der Waals surface area contributed by atoms with Crippen LogP contribution in [0.5, 0.6) is 11.5 Å². The van der Waals surface area contributed by atoms with Gasteiger partial charge in [0.25, 0.3) is 0 Å². The number of nitrogens with zero attached hydrogens (tertiary/aromatic N) is 1. The lowest BCUT2D eigenvalue weighted by Crippen LogP contribution is -2.31. The first-order chi connectivity index (χ1) is 9.62. The molecule has 0 unspecified atom stereocenters. The monoisotopic (exact) mass is 315 g/mol. The lowest BCUT2D eigenvalue weighted by molar-refractivity contribution is 0.311. The van der Waals surface area contributed by atoms with Crippen molar-refractivity contribution < 1.29 is 9.47 Å². The summed E-state index contributed by atoms with van der Waals surface area (Å²) in [4.78, 5) is 0. The molecule has 0 saturated heterocycles. The molecule has 0 aliphatic heterocycles. The number of nitrogens with one attached hydrogen (secondary N) is 2. The summed E-state index contributed by atoms with van der Waals surface area (Å²) in [5.41, 5.74) is 3.48. The Hall–Kier alpha value is -1.53. The van der Waals surface area contributed by atoms with Crippen LogP contribution in [0.2, 0.25) is 5.02 Å². The van der Waals surface area contributed by atoms with Gasteiger partial charge in [0.05, 0.1) is 25.0 Å². The summed E-state index contributed by atoms with van der Waals surface area (Å²) >= 11 is 11.1. The Morgan fingerprint density at radius 2 is 2.20 bits per heavy atom. The number of halogens is 1. The first-order valence-corrected chi connectivity index (χ1v) is 6.98. The first-order valence-electron chi connectivity index (χ1n) is 6.19. The average Bonchev–Trinajstić information content (AvgIpc) is 2.41. The molecule has 0 heterocycles. The zero-order chi connectivity index (χ0) is 15.0. The van der Waals surface area contributed by atoms with Crippen molar-refractivity contribution in [2.24, 2.45) is 5.10 Å². The molecule has 0 radical (unpaired) electrons. The van der Waals surface area contributed by atoms with Crippen LogP contribution in [-0.2, 0) is 0 Å². The number of hydrogen-bond acceptors (Lipinski definition) is 4. The van der Waals surface area contributed by atoms with E-state index in [1.807, 2.05) is 13.8 Å². The van der Waals surface area contributed by atoms with E-state index in [-0.39, 0.29) is 0 Å². The second kappa shape index (κ2) is 8.60. The maximum atomic E-state index is 6.16. The van der Waals surface area contributed by atoms with E-state index >= 15 is 0 Å². The van der Waals surface area contributed by atoms with Gasteiger partial charge in [-0.05, 0) is 43.8 Å². The third-order valence-corrected chi connectivity index (χ3v) is 2.77. The number of benzene rings is 1. The fraction of sp³-hybridized carbons (Fsp3) is 0.385. The molecule has 0 aromatic heterocycles. The second-order valence-electron chi connectivity index (χ2n) is 3.70. The zero-order valence-corrected chi connectivity index (χ0v) is 13.3. The van der Waals surface area contributed by atoms with E-state index in [0.717, 1.165) is 12.1 Å². The average molecular weight is 316 g/mol. The summed E-state index contributed by atoms with van der Waals surface area (Å²) in [5.74, 6) is 1.10. The van der Waals surface area contributed by atoms with Crippen LogP contribution in [0.15, 0.2) is 17.2 Å². The summed E-state index contributed by atoms with van der Waals surface area (Å²) in [6.45, 7) is 5.09. The fourth-order valence-electron chi connectivity index (χ4n) is 1.46. The highest BCUT2D eigenvalue weighted by atomic mass is 35.5. The van der Waals surface area contributed by atoms with Gasteiger partial charge in [-0.1, -0.05) is 11.6 Å². The Morgan fingerprint density at radius 3 is 2.80 bits per heavy atom.